The second kappa shape index (κ2) is 3.87. The van der Waals surface area contributed by atoms with Crippen molar-refractivity contribution >= 4 is 5.91 Å². The fourth-order valence-electron chi connectivity index (χ4n) is 2.68. The van der Waals surface area contributed by atoms with Crippen LogP contribution in [-0.4, -0.2) is 43.2 Å². The Morgan fingerprint density at radius 2 is 2.43 bits per heavy atom. The molecule has 0 aromatic rings. The smallest absolute Gasteiger partial charge is 0.253 e. The normalized spacial score (nSPS) is 32.3. The van der Waals surface area contributed by atoms with Crippen molar-refractivity contribution in [3.63, 3.8) is 0 Å². The molecule has 1 aliphatic carbocycles. The number of amides is 1. The molecule has 1 saturated heterocycles. The molecule has 3 atom stereocenters. The number of nitrogens with zero attached hydrogens (tertiary/aromatic N) is 1. The highest BCUT2D eigenvalue weighted by molar-refractivity contribution is 5.82. The van der Waals surface area contributed by atoms with E-state index in [1.165, 1.54) is 12.8 Å². The van der Waals surface area contributed by atoms with Crippen LogP contribution in [-0.2, 0) is 9.53 Å². The van der Waals surface area contributed by atoms with Crippen molar-refractivity contribution < 1.29 is 9.53 Å². The maximum Gasteiger partial charge on any atom is 0.253 e. The molecule has 0 aromatic heterocycles. The van der Waals surface area contributed by atoms with E-state index in [0.717, 1.165) is 18.9 Å². The topological polar surface area (TPSA) is 55.6 Å². The van der Waals surface area contributed by atoms with Crippen molar-refractivity contribution in [2.45, 2.75) is 31.4 Å². The molecule has 80 valence electrons. The quantitative estimate of drug-likeness (QED) is 0.693. The van der Waals surface area contributed by atoms with Gasteiger partial charge in [0.05, 0.1) is 0 Å². The first-order valence-electron chi connectivity index (χ1n) is 5.29. The number of likely N-dealkylation sites (tertiary alicyclic amines) is 1. The summed E-state index contributed by atoms with van der Waals surface area (Å²) in [5.41, 5.74) is 5.48. The van der Waals surface area contributed by atoms with Crippen LogP contribution in [0.5, 0.6) is 0 Å². The SMILES string of the molecule is COC(CN)C(=O)N1CC2CCC1C2. The minimum Gasteiger partial charge on any atom is -0.370 e. The summed E-state index contributed by atoms with van der Waals surface area (Å²) in [6.07, 6.45) is 3.20. The van der Waals surface area contributed by atoms with Gasteiger partial charge in [-0.15, -0.1) is 0 Å². The van der Waals surface area contributed by atoms with E-state index in [1.807, 2.05) is 4.90 Å². The summed E-state index contributed by atoms with van der Waals surface area (Å²) in [6, 6.07) is 0.469. The number of carbonyl (C=O) groups is 1. The van der Waals surface area contributed by atoms with Crippen LogP contribution >= 0.6 is 0 Å². The van der Waals surface area contributed by atoms with Crippen LogP contribution in [0.1, 0.15) is 19.3 Å². The zero-order valence-electron chi connectivity index (χ0n) is 8.61. The number of hydrogen-bond donors (Lipinski definition) is 1. The molecule has 14 heavy (non-hydrogen) atoms. The molecule has 0 radical (unpaired) electrons. The van der Waals surface area contributed by atoms with Crippen LogP contribution in [0.3, 0.4) is 0 Å². The lowest BCUT2D eigenvalue weighted by molar-refractivity contribution is -0.143. The molecule has 4 nitrogen and oxygen atoms in total. The van der Waals surface area contributed by atoms with E-state index in [1.54, 1.807) is 7.11 Å². The molecule has 2 rings (SSSR count). The average molecular weight is 198 g/mol. The van der Waals surface area contributed by atoms with Crippen molar-refractivity contribution in [3.05, 3.63) is 0 Å². The van der Waals surface area contributed by atoms with Crippen LogP contribution in [0.2, 0.25) is 0 Å². The average Bonchev–Trinajstić information content (AvgIpc) is 2.80. The lowest BCUT2D eigenvalue weighted by Gasteiger charge is -2.29. The van der Waals surface area contributed by atoms with Crippen molar-refractivity contribution in [2.24, 2.45) is 11.7 Å². The van der Waals surface area contributed by atoms with Crippen LogP contribution in [0.15, 0.2) is 0 Å². The Bertz CT molecular complexity index is 228. The number of carbonyl (C=O) groups excluding carboxylic acids is 1. The predicted molar refractivity (Wildman–Crippen MR) is 52.7 cm³/mol. The van der Waals surface area contributed by atoms with Gasteiger partial charge in [0.1, 0.15) is 6.10 Å². The summed E-state index contributed by atoms with van der Waals surface area (Å²) in [4.78, 5) is 13.9. The lowest BCUT2D eigenvalue weighted by Crippen LogP contribution is -2.46. The Balaban J connectivity index is 1.98. The van der Waals surface area contributed by atoms with E-state index in [9.17, 15) is 4.79 Å². The number of hydrogen-bond acceptors (Lipinski definition) is 3. The molecular formula is C10H18N2O2. The van der Waals surface area contributed by atoms with Crippen LogP contribution < -0.4 is 5.73 Å². The summed E-state index contributed by atoms with van der Waals surface area (Å²) in [5.74, 6) is 0.821. The van der Waals surface area contributed by atoms with Crippen molar-refractivity contribution in [3.8, 4) is 0 Å². The predicted octanol–water partition coefficient (Wildman–Crippen LogP) is -0.0290. The first kappa shape index (κ1) is 9.93. The van der Waals surface area contributed by atoms with Gasteiger partial charge in [-0.1, -0.05) is 0 Å². The summed E-state index contributed by atoms with van der Waals surface area (Å²) in [7, 11) is 1.55. The fourth-order valence-corrected chi connectivity index (χ4v) is 2.68. The molecule has 1 aliphatic heterocycles. The fraction of sp³-hybridized carbons (Fsp3) is 0.900. The summed E-state index contributed by atoms with van der Waals surface area (Å²) >= 11 is 0. The van der Waals surface area contributed by atoms with Gasteiger partial charge in [-0.2, -0.15) is 0 Å². The summed E-state index contributed by atoms with van der Waals surface area (Å²) < 4.78 is 5.07. The van der Waals surface area contributed by atoms with E-state index in [-0.39, 0.29) is 12.5 Å². The van der Waals surface area contributed by atoms with Gasteiger partial charge >= 0.3 is 0 Å². The molecular weight excluding hydrogens is 180 g/mol. The minimum atomic E-state index is -0.436. The van der Waals surface area contributed by atoms with E-state index in [2.05, 4.69) is 0 Å². The van der Waals surface area contributed by atoms with Crippen LogP contribution in [0, 0.1) is 5.92 Å². The minimum absolute atomic E-state index is 0.0854. The van der Waals surface area contributed by atoms with Crippen LogP contribution in [0.25, 0.3) is 0 Å². The highest BCUT2D eigenvalue weighted by Gasteiger charge is 2.41. The Morgan fingerprint density at radius 1 is 1.64 bits per heavy atom. The van der Waals surface area contributed by atoms with Crippen LogP contribution in [0.4, 0.5) is 0 Å². The molecule has 1 amide bonds. The summed E-state index contributed by atoms with van der Waals surface area (Å²) in [5, 5.41) is 0. The zero-order chi connectivity index (χ0) is 10.1. The number of methoxy groups -OCH3 is 1. The second-order valence-corrected chi connectivity index (χ2v) is 4.28. The number of nitrogens with two attached hydrogens (primary N) is 1. The Kier molecular flexibility index (Phi) is 2.74. The Hall–Kier alpha value is -0.610. The van der Waals surface area contributed by atoms with E-state index < -0.39 is 6.10 Å². The van der Waals surface area contributed by atoms with Crippen molar-refractivity contribution in [1.29, 1.82) is 0 Å². The van der Waals surface area contributed by atoms with Crippen molar-refractivity contribution in [1.82, 2.24) is 4.90 Å². The molecule has 3 unspecified atom stereocenters. The molecule has 4 heteroatoms. The summed E-state index contributed by atoms with van der Waals surface area (Å²) in [6.45, 7) is 1.20. The largest absolute Gasteiger partial charge is 0.370 e. The maximum absolute atomic E-state index is 11.9. The Morgan fingerprint density at radius 3 is 2.86 bits per heavy atom. The molecule has 2 fully saturated rings. The van der Waals surface area contributed by atoms with Gasteiger partial charge in [-0.05, 0) is 25.2 Å². The molecule has 2 aliphatic rings. The number of piperidine rings is 1. The second-order valence-electron chi connectivity index (χ2n) is 4.28. The number of ether oxygens (including phenoxy) is 1. The van der Waals surface area contributed by atoms with Gasteiger partial charge in [0.15, 0.2) is 0 Å². The first-order chi connectivity index (χ1) is 6.76. The molecule has 1 saturated carbocycles. The van der Waals surface area contributed by atoms with E-state index in [0.29, 0.717) is 6.04 Å². The highest BCUT2D eigenvalue weighted by atomic mass is 16.5. The Labute approximate surface area is 84.4 Å². The molecule has 1 heterocycles. The first-order valence-corrected chi connectivity index (χ1v) is 5.29. The molecule has 2 N–H and O–H groups in total. The van der Waals surface area contributed by atoms with Gasteiger partial charge in [0, 0.05) is 26.2 Å². The third kappa shape index (κ3) is 1.53. The molecule has 2 bridgehead atoms. The van der Waals surface area contributed by atoms with Gasteiger partial charge in [-0.25, -0.2) is 0 Å². The van der Waals surface area contributed by atoms with Gasteiger partial charge in [-0.3, -0.25) is 4.79 Å². The van der Waals surface area contributed by atoms with Gasteiger partial charge in [0.25, 0.3) is 5.91 Å². The lowest BCUT2D eigenvalue weighted by atomic mass is 10.1. The number of fused-ring (bicyclic) bond motifs is 2. The van der Waals surface area contributed by atoms with E-state index >= 15 is 0 Å². The standard InChI is InChI=1S/C10H18N2O2/c1-14-9(5-11)10(13)12-6-7-2-3-8(12)4-7/h7-9H,2-6,11H2,1H3. The van der Waals surface area contributed by atoms with Gasteiger partial charge in [0.2, 0.25) is 0 Å². The highest BCUT2D eigenvalue weighted by Crippen LogP contribution is 2.37. The monoisotopic (exact) mass is 198 g/mol. The third-order valence-electron chi connectivity index (χ3n) is 3.47. The molecule has 0 spiro atoms. The number of rotatable bonds is 3. The zero-order valence-corrected chi connectivity index (χ0v) is 8.61. The molecule has 0 aromatic carbocycles. The maximum atomic E-state index is 11.9. The van der Waals surface area contributed by atoms with E-state index in [4.69, 9.17) is 10.5 Å². The third-order valence-corrected chi connectivity index (χ3v) is 3.47. The van der Waals surface area contributed by atoms with Crippen molar-refractivity contribution in [2.75, 3.05) is 20.2 Å². The van der Waals surface area contributed by atoms with Gasteiger partial charge < -0.3 is 15.4 Å².